The standard InChI is InChI=1S/C18H21N3O3S/c1-11-5-12(2)7-15(6-11)21-16(22)9-24-17(23)10-25-18-19-13(3)8-14(4)20-18/h5-8H,9-10H2,1-4H3,(H,21,22). The van der Waals surface area contributed by atoms with Gasteiger partial charge in [0.1, 0.15) is 0 Å². The first-order chi connectivity index (χ1) is 11.8. The largest absolute Gasteiger partial charge is 0.455 e. The van der Waals surface area contributed by atoms with Crippen molar-refractivity contribution in [3.05, 3.63) is 46.8 Å². The lowest BCUT2D eigenvalue weighted by atomic mass is 10.1. The predicted molar refractivity (Wildman–Crippen MR) is 97.7 cm³/mol. The highest BCUT2D eigenvalue weighted by Crippen LogP contribution is 2.15. The molecule has 1 N–H and O–H groups in total. The van der Waals surface area contributed by atoms with E-state index in [9.17, 15) is 9.59 Å². The second-order valence-corrected chi connectivity index (χ2v) is 6.75. The summed E-state index contributed by atoms with van der Waals surface area (Å²) in [5, 5.41) is 3.24. The van der Waals surface area contributed by atoms with Gasteiger partial charge in [0.15, 0.2) is 11.8 Å². The topological polar surface area (TPSA) is 81.2 Å². The van der Waals surface area contributed by atoms with Crippen molar-refractivity contribution < 1.29 is 14.3 Å². The number of hydrogen-bond acceptors (Lipinski definition) is 6. The third-order valence-corrected chi connectivity index (χ3v) is 3.97. The van der Waals surface area contributed by atoms with E-state index >= 15 is 0 Å². The molecule has 6 nitrogen and oxygen atoms in total. The number of amides is 1. The Hall–Kier alpha value is -2.41. The molecule has 25 heavy (non-hydrogen) atoms. The first-order valence-corrected chi connectivity index (χ1v) is 8.79. The molecule has 2 aromatic rings. The zero-order valence-electron chi connectivity index (χ0n) is 14.8. The van der Waals surface area contributed by atoms with Crippen LogP contribution in [-0.4, -0.2) is 34.2 Å². The molecule has 0 atom stereocenters. The van der Waals surface area contributed by atoms with Gasteiger partial charge in [0.2, 0.25) is 0 Å². The fourth-order valence-electron chi connectivity index (χ4n) is 2.31. The average Bonchev–Trinajstić information content (AvgIpc) is 2.49. The molecule has 1 aromatic heterocycles. The zero-order valence-corrected chi connectivity index (χ0v) is 15.6. The van der Waals surface area contributed by atoms with Crippen molar-refractivity contribution in [2.24, 2.45) is 0 Å². The molecule has 0 aliphatic heterocycles. The van der Waals surface area contributed by atoms with Crippen LogP contribution in [0.3, 0.4) is 0 Å². The molecule has 0 fully saturated rings. The Labute approximate surface area is 151 Å². The summed E-state index contributed by atoms with van der Waals surface area (Å²) in [7, 11) is 0. The lowest BCUT2D eigenvalue weighted by Crippen LogP contribution is -2.21. The van der Waals surface area contributed by atoms with Crippen LogP contribution in [0.2, 0.25) is 0 Å². The quantitative estimate of drug-likeness (QED) is 0.485. The molecule has 7 heteroatoms. The Morgan fingerprint density at radius 1 is 1.00 bits per heavy atom. The fraction of sp³-hybridized carbons (Fsp3) is 0.333. The molecule has 1 heterocycles. The van der Waals surface area contributed by atoms with Crippen molar-refractivity contribution in [1.29, 1.82) is 0 Å². The predicted octanol–water partition coefficient (Wildman–Crippen LogP) is 2.98. The number of thioether (sulfide) groups is 1. The lowest BCUT2D eigenvalue weighted by molar-refractivity contribution is -0.144. The number of rotatable bonds is 6. The maximum Gasteiger partial charge on any atom is 0.316 e. The van der Waals surface area contributed by atoms with E-state index in [1.54, 1.807) is 0 Å². The van der Waals surface area contributed by atoms with E-state index in [0.717, 1.165) is 22.5 Å². The number of hydrogen-bond donors (Lipinski definition) is 1. The number of carbonyl (C=O) groups excluding carboxylic acids is 2. The van der Waals surface area contributed by atoms with Crippen LogP contribution >= 0.6 is 11.8 Å². The Morgan fingerprint density at radius 3 is 2.20 bits per heavy atom. The number of aromatic nitrogens is 2. The first-order valence-electron chi connectivity index (χ1n) is 7.80. The van der Waals surface area contributed by atoms with Crippen molar-refractivity contribution in [3.63, 3.8) is 0 Å². The van der Waals surface area contributed by atoms with Crippen LogP contribution in [0.5, 0.6) is 0 Å². The van der Waals surface area contributed by atoms with Crippen molar-refractivity contribution in [3.8, 4) is 0 Å². The summed E-state index contributed by atoms with van der Waals surface area (Å²) >= 11 is 1.19. The van der Waals surface area contributed by atoms with E-state index in [1.165, 1.54) is 11.8 Å². The van der Waals surface area contributed by atoms with Gasteiger partial charge in [0.05, 0.1) is 5.75 Å². The summed E-state index contributed by atoms with van der Waals surface area (Å²) in [4.78, 5) is 32.1. The van der Waals surface area contributed by atoms with Gasteiger partial charge in [-0.15, -0.1) is 0 Å². The maximum absolute atomic E-state index is 11.9. The van der Waals surface area contributed by atoms with Gasteiger partial charge >= 0.3 is 5.97 Å². The van der Waals surface area contributed by atoms with Crippen LogP contribution in [0, 0.1) is 27.7 Å². The summed E-state index contributed by atoms with van der Waals surface area (Å²) in [6.45, 7) is 7.33. The minimum Gasteiger partial charge on any atom is -0.455 e. The van der Waals surface area contributed by atoms with Gasteiger partial charge < -0.3 is 10.1 Å². The molecule has 0 radical (unpaired) electrons. The average molecular weight is 359 g/mol. The number of ether oxygens (including phenoxy) is 1. The Bertz CT molecular complexity index is 753. The molecule has 0 aliphatic rings. The van der Waals surface area contributed by atoms with Gasteiger partial charge in [0, 0.05) is 17.1 Å². The van der Waals surface area contributed by atoms with Gasteiger partial charge in [-0.25, -0.2) is 9.97 Å². The molecular weight excluding hydrogens is 338 g/mol. The summed E-state index contributed by atoms with van der Waals surface area (Å²) < 4.78 is 4.99. The smallest absolute Gasteiger partial charge is 0.316 e. The molecule has 0 unspecified atom stereocenters. The Morgan fingerprint density at radius 2 is 1.60 bits per heavy atom. The highest BCUT2D eigenvalue weighted by molar-refractivity contribution is 7.99. The van der Waals surface area contributed by atoms with Crippen LogP contribution in [-0.2, 0) is 14.3 Å². The SMILES string of the molecule is Cc1cc(C)cc(NC(=O)COC(=O)CSc2nc(C)cc(C)n2)c1. The van der Waals surface area contributed by atoms with Gasteiger partial charge in [-0.05, 0) is 57.0 Å². The number of nitrogens with zero attached hydrogens (tertiary/aromatic N) is 2. The molecule has 0 saturated carbocycles. The van der Waals surface area contributed by atoms with E-state index in [-0.39, 0.29) is 18.3 Å². The van der Waals surface area contributed by atoms with E-state index in [1.807, 2.05) is 52.0 Å². The maximum atomic E-state index is 11.9. The Kier molecular flexibility index (Phi) is 6.52. The van der Waals surface area contributed by atoms with E-state index in [0.29, 0.717) is 10.8 Å². The van der Waals surface area contributed by atoms with Crippen molar-refractivity contribution in [1.82, 2.24) is 9.97 Å². The number of carbonyl (C=O) groups is 2. The van der Waals surface area contributed by atoms with Crippen LogP contribution < -0.4 is 5.32 Å². The van der Waals surface area contributed by atoms with E-state index < -0.39 is 5.97 Å². The summed E-state index contributed by atoms with van der Waals surface area (Å²) in [6, 6.07) is 7.60. The number of nitrogens with one attached hydrogen (secondary N) is 1. The number of esters is 1. The van der Waals surface area contributed by atoms with Gasteiger partial charge in [-0.1, -0.05) is 17.8 Å². The minimum absolute atomic E-state index is 0.0553. The second kappa shape index (κ2) is 8.62. The van der Waals surface area contributed by atoms with E-state index in [2.05, 4.69) is 15.3 Å². The second-order valence-electron chi connectivity index (χ2n) is 5.81. The van der Waals surface area contributed by atoms with Gasteiger partial charge in [-0.2, -0.15) is 0 Å². The normalized spacial score (nSPS) is 10.4. The summed E-state index contributed by atoms with van der Waals surface area (Å²) in [5.74, 6) is -0.797. The zero-order chi connectivity index (χ0) is 18.4. The van der Waals surface area contributed by atoms with Crippen LogP contribution in [0.4, 0.5) is 5.69 Å². The molecule has 0 saturated heterocycles. The number of anilines is 1. The lowest BCUT2D eigenvalue weighted by Gasteiger charge is -2.08. The van der Waals surface area contributed by atoms with Crippen molar-refractivity contribution in [2.75, 3.05) is 17.7 Å². The van der Waals surface area contributed by atoms with Crippen molar-refractivity contribution >= 4 is 29.3 Å². The molecule has 2 rings (SSSR count). The van der Waals surface area contributed by atoms with Crippen LogP contribution in [0.1, 0.15) is 22.5 Å². The van der Waals surface area contributed by atoms with Crippen LogP contribution in [0.25, 0.3) is 0 Å². The third kappa shape index (κ3) is 6.54. The fourth-order valence-corrected chi connectivity index (χ4v) is 3.06. The molecule has 0 bridgehead atoms. The Balaban J connectivity index is 1.78. The molecule has 1 amide bonds. The number of benzene rings is 1. The van der Waals surface area contributed by atoms with Gasteiger partial charge in [-0.3, -0.25) is 9.59 Å². The summed E-state index contributed by atoms with van der Waals surface area (Å²) in [6.07, 6.45) is 0. The molecule has 0 aliphatic carbocycles. The molecule has 132 valence electrons. The first kappa shape index (κ1) is 18.9. The molecule has 1 aromatic carbocycles. The number of aryl methyl sites for hydroxylation is 4. The highest BCUT2D eigenvalue weighted by atomic mass is 32.2. The van der Waals surface area contributed by atoms with Gasteiger partial charge in [0.25, 0.3) is 5.91 Å². The monoisotopic (exact) mass is 359 g/mol. The van der Waals surface area contributed by atoms with Crippen LogP contribution in [0.15, 0.2) is 29.4 Å². The summed E-state index contributed by atoms with van der Waals surface area (Å²) in [5.41, 5.74) is 4.48. The van der Waals surface area contributed by atoms with Crippen molar-refractivity contribution in [2.45, 2.75) is 32.9 Å². The molecule has 0 spiro atoms. The third-order valence-electron chi connectivity index (χ3n) is 3.15. The molecular formula is C18H21N3O3S. The highest BCUT2D eigenvalue weighted by Gasteiger charge is 2.10. The minimum atomic E-state index is -0.483. The van der Waals surface area contributed by atoms with E-state index in [4.69, 9.17) is 4.74 Å².